The van der Waals surface area contributed by atoms with Gasteiger partial charge in [0, 0.05) is 23.4 Å². The lowest BCUT2D eigenvalue weighted by atomic mass is 10.0. The number of phenols is 1. The van der Waals surface area contributed by atoms with E-state index in [0.29, 0.717) is 16.5 Å². The monoisotopic (exact) mass is 347 g/mol. The van der Waals surface area contributed by atoms with E-state index in [2.05, 4.69) is 5.32 Å². The van der Waals surface area contributed by atoms with Crippen molar-refractivity contribution in [2.45, 2.75) is 39.7 Å². The molecule has 1 heterocycles. The molecule has 0 bridgehead atoms. The molecule has 0 radical (unpaired) electrons. The third-order valence-corrected chi connectivity index (χ3v) is 4.12. The number of carboxylic acids is 1. The average Bonchev–Trinajstić information content (AvgIpc) is 2.51. The number of carbonyl (C=O) groups is 2. The molecule has 0 fully saturated rings. The molecule has 25 heavy (non-hydrogen) atoms. The van der Waals surface area contributed by atoms with E-state index < -0.39 is 23.5 Å². The standard InChI is InChI=1S/C18H21NO6/c1-9(2)16(17(22)23)19-15(21)7-6-13-10(3)12-5-4-11(20)8-14(12)25-18(13)24/h4-5,8-9,16,20H,6-7H2,1-3H3,(H,19,21)(H,22,23). The normalized spacial score (nSPS) is 12.3. The Labute approximate surface area is 144 Å². The molecule has 0 aliphatic rings. The van der Waals surface area contributed by atoms with E-state index in [1.54, 1.807) is 26.8 Å². The predicted molar refractivity (Wildman–Crippen MR) is 91.6 cm³/mol. The Bertz CT molecular complexity index is 868. The Balaban J connectivity index is 2.18. The largest absolute Gasteiger partial charge is 0.508 e. The number of fused-ring (bicyclic) bond motifs is 1. The van der Waals surface area contributed by atoms with Crippen LogP contribution in [-0.2, 0) is 16.0 Å². The zero-order valence-corrected chi connectivity index (χ0v) is 14.3. The van der Waals surface area contributed by atoms with Gasteiger partial charge < -0.3 is 19.9 Å². The van der Waals surface area contributed by atoms with Crippen LogP contribution in [0.4, 0.5) is 0 Å². The summed E-state index contributed by atoms with van der Waals surface area (Å²) < 4.78 is 5.20. The summed E-state index contributed by atoms with van der Waals surface area (Å²) in [6.07, 6.45) is 0.118. The van der Waals surface area contributed by atoms with Crippen molar-refractivity contribution in [2.24, 2.45) is 5.92 Å². The maximum Gasteiger partial charge on any atom is 0.339 e. The fraction of sp³-hybridized carbons (Fsp3) is 0.389. The first-order valence-corrected chi connectivity index (χ1v) is 7.98. The number of aromatic hydroxyl groups is 1. The molecule has 7 nitrogen and oxygen atoms in total. The molecular weight excluding hydrogens is 326 g/mol. The summed E-state index contributed by atoms with van der Waals surface area (Å²) in [5.41, 5.74) is 0.756. The molecule has 0 spiro atoms. The molecule has 2 rings (SSSR count). The van der Waals surface area contributed by atoms with Crippen LogP contribution in [0.3, 0.4) is 0 Å². The van der Waals surface area contributed by atoms with E-state index >= 15 is 0 Å². The molecule has 3 N–H and O–H groups in total. The summed E-state index contributed by atoms with van der Waals surface area (Å²) in [6, 6.07) is 3.53. The zero-order valence-electron chi connectivity index (χ0n) is 14.3. The summed E-state index contributed by atoms with van der Waals surface area (Å²) in [5, 5.41) is 21.7. The Morgan fingerprint density at radius 1 is 1.28 bits per heavy atom. The predicted octanol–water partition coefficient (Wildman–Crippen LogP) is 1.97. The number of benzene rings is 1. The lowest BCUT2D eigenvalue weighted by molar-refractivity contribution is -0.143. The van der Waals surface area contributed by atoms with Crippen molar-refractivity contribution in [3.8, 4) is 5.75 Å². The third-order valence-electron chi connectivity index (χ3n) is 4.12. The van der Waals surface area contributed by atoms with Crippen molar-refractivity contribution in [2.75, 3.05) is 0 Å². The average molecular weight is 347 g/mol. The number of nitrogens with one attached hydrogen (secondary N) is 1. The minimum Gasteiger partial charge on any atom is -0.508 e. The molecular formula is C18H21NO6. The first-order valence-electron chi connectivity index (χ1n) is 7.98. The van der Waals surface area contributed by atoms with Crippen molar-refractivity contribution in [1.29, 1.82) is 0 Å². The van der Waals surface area contributed by atoms with Crippen molar-refractivity contribution >= 4 is 22.8 Å². The van der Waals surface area contributed by atoms with Gasteiger partial charge in [-0.05, 0) is 37.0 Å². The summed E-state index contributed by atoms with van der Waals surface area (Å²) in [6.45, 7) is 5.16. The van der Waals surface area contributed by atoms with E-state index in [9.17, 15) is 19.5 Å². The van der Waals surface area contributed by atoms with Crippen molar-refractivity contribution in [3.05, 3.63) is 39.7 Å². The number of hydrogen-bond donors (Lipinski definition) is 3. The van der Waals surface area contributed by atoms with E-state index in [0.717, 1.165) is 0 Å². The van der Waals surface area contributed by atoms with Gasteiger partial charge in [-0.3, -0.25) is 4.79 Å². The Morgan fingerprint density at radius 2 is 1.96 bits per heavy atom. The molecule has 1 unspecified atom stereocenters. The van der Waals surface area contributed by atoms with Gasteiger partial charge in [0.05, 0.1) is 0 Å². The van der Waals surface area contributed by atoms with Gasteiger partial charge in [0.2, 0.25) is 5.91 Å². The van der Waals surface area contributed by atoms with Gasteiger partial charge in [-0.25, -0.2) is 9.59 Å². The summed E-state index contributed by atoms with van der Waals surface area (Å²) in [4.78, 5) is 35.3. The number of phenolic OH excluding ortho intramolecular Hbond substituents is 1. The molecule has 134 valence electrons. The lowest BCUT2D eigenvalue weighted by Crippen LogP contribution is -2.44. The quantitative estimate of drug-likeness (QED) is 0.688. The minimum atomic E-state index is -1.09. The number of aliphatic carboxylic acids is 1. The zero-order chi connectivity index (χ0) is 18.7. The number of rotatable bonds is 6. The molecule has 1 amide bonds. The molecule has 1 aromatic heterocycles. The van der Waals surface area contributed by atoms with Crippen molar-refractivity contribution in [3.63, 3.8) is 0 Å². The molecule has 7 heteroatoms. The Hall–Kier alpha value is -2.83. The third kappa shape index (κ3) is 4.17. The molecule has 0 saturated carbocycles. The van der Waals surface area contributed by atoms with Crippen molar-refractivity contribution in [1.82, 2.24) is 5.32 Å². The molecule has 0 aliphatic carbocycles. The topological polar surface area (TPSA) is 117 Å². The summed E-state index contributed by atoms with van der Waals surface area (Å²) in [5.74, 6) is -1.78. The van der Waals surface area contributed by atoms with Gasteiger partial charge in [0.1, 0.15) is 17.4 Å². The van der Waals surface area contributed by atoms with Gasteiger partial charge in [-0.1, -0.05) is 13.8 Å². The number of amides is 1. The fourth-order valence-corrected chi connectivity index (χ4v) is 2.67. The lowest BCUT2D eigenvalue weighted by Gasteiger charge is -2.17. The van der Waals surface area contributed by atoms with Crippen molar-refractivity contribution < 1.29 is 24.2 Å². The number of hydrogen-bond acceptors (Lipinski definition) is 5. The number of aryl methyl sites for hydroxylation is 1. The van der Waals surface area contributed by atoms with Crippen LogP contribution < -0.4 is 10.9 Å². The van der Waals surface area contributed by atoms with Gasteiger partial charge in [-0.2, -0.15) is 0 Å². The summed E-state index contributed by atoms with van der Waals surface area (Å²) >= 11 is 0. The van der Waals surface area contributed by atoms with Crippen LogP contribution in [0.15, 0.2) is 27.4 Å². The molecule has 0 aliphatic heterocycles. The molecule has 0 saturated heterocycles. The van der Waals surface area contributed by atoms with Crippen LogP contribution in [0, 0.1) is 12.8 Å². The summed E-state index contributed by atoms with van der Waals surface area (Å²) in [7, 11) is 0. The highest BCUT2D eigenvalue weighted by molar-refractivity contribution is 5.84. The second kappa shape index (κ2) is 7.38. The fourth-order valence-electron chi connectivity index (χ4n) is 2.67. The van der Waals surface area contributed by atoms with Gasteiger partial charge in [0.25, 0.3) is 0 Å². The Kier molecular flexibility index (Phi) is 5.46. The molecule has 1 atom stereocenters. The second-order valence-electron chi connectivity index (χ2n) is 6.30. The van der Waals surface area contributed by atoms with E-state index in [1.807, 2.05) is 0 Å². The highest BCUT2D eigenvalue weighted by Crippen LogP contribution is 2.23. The van der Waals surface area contributed by atoms with Gasteiger partial charge >= 0.3 is 11.6 Å². The number of carbonyl (C=O) groups excluding carboxylic acids is 1. The number of carboxylic acid groups (broad SMARTS) is 1. The highest BCUT2D eigenvalue weighted by Gasteiger charge is 2.23. The maximum atomic E-state index is 12.1. The first kappa shape index (κ1) is 18.5. The minimum absolute atomic E-state index is 0.00410. The van der Waals surface area contributed by atoms with E-state index in [4.69, 9.17) is 9.52 Å². The van der Waals surface area contributed by atoms with E-state index in [-0.39, 0.29) is 30.1 Å². The maximum absolute atomic E-state index is 12.1. The van der Waals surface area contributed by atoms with E-state index in [1.165, 1.54) is 12.1 Å². The van der Waals surface area contributed by atoms with Crippen LogP contribution in [0.2, 0.25) is 0 Å². The smallest absolute Gasteiger partial charge is 0.339 e. The molecule has 2 aromatic rings. The van der Waals surface area contributed by atoms with Crippen LogP contribution in [0.1, 0.15) is 31.4 Å². The molecule has 1 aromatic carbocycles. The van der Waals surface area contributed by atoms with Crippen LogP contribution in [0.5, 0.6) is 5.75 Å². The Morgan fingerprint density at radius 3 is 2.56 bits per heavy atom. The second-order valence-corrected chi connectivity index (χ2v) is 6.30. The first-order chi connectivity index (χ1) is 11.7. The van der Waals surface area contributed by atoms with Gasteiger partial charge in [0.15, 0.2) is 0 Å². The van der Waals surface area contributed by atoms with Gasteiger partial charge in [-0.15, -0.1) is 0 Å². The van der Waals surface area contributed by atoms with Crippen LogP contribution in [-0.4, -0.2) is 28.1 Å². The highest BCUT2D eigenvalue weighted by atomic mass is 16.4. The van der Waals surface area contributed by atoms with Crippen LogP contribution >= 0.6 is 0 Å². The van der Waals surface area contributed by atoms with Crippen LogP contribution in [0.25, 0.3) is 11.0 Å². The SMILES string of the molecule is Cc1c(CCC(=O)NC(C(=O)O)C(C)C)c(=O)oc2cc(O)ccc12.